The third-order valence-corrected chi connectivity index (χ3v) is 2.02. The van der Waals surface area contributed by atoms with Gasteiger partial charge in [-0.05, 0) is 0 Å². The Kier molecular flexibility index (Phi) is 3.46. The predicted molar refractivity (Wildman–Crippen MR) is 46.9 cm³/mol. The van der Waals surface area contributed by atoms with Crippen molar-refractivity contribution < 1.29 is 0 Å². The highest BCUT2D eigenvalue weighted by molar-refractivity contribution is 6.81. The number of hydrogen-bond donors (Lipinski definition) is 0. The van der Waals surface area contributed by atoms with Crippen LogP contribution in [0.15, 0.2) is 16.8 Å². The lowest BCUT2D eigenvalue weighted by Crippen LogP contribution is -2.15. The van der Waals surface area contributed by atoms with Crippen LogP contribution in [-0.2, 0) is 0 Å². The summed E-state index contributed by atoms with van der Waals surface area (Å²) in [6.07, 6.45) is 3.87. The fraction of sp³-hybridized carbons (Fsp3) is 0.571. The highest BCUT2D eigenvalue weighted by Gasteiger charge is 2.05. The van der Waals surface area contributed by atoms with E-state index in [4.69, 9.17) is 0 Å². The molecule has 0 spiro atoms. The van der Waals surface area contributed by atoms with Crippen LogP contribution in [0.1, 0.15) is 0 Å². The minimum atomic E-state index is -0.966. The zero-order valence-electron chi connectivity index (χ0n) is 6.68. The largest absolute Gasteiger partial charge is 0.297 e. The molecule has 0 heterocycles. The average Bonchev–Trinajstić information content (AvgIpc) is 1.63. The normalized spacial score (nSPS) is 13.8. The van der Waals surface area contributed by atoms with Gasteiger partial charge >= 0.3 is 0 Å². The Labute approximate surface area is 58.5 Å². The van der Waals surface area contributed by atoms with Crippen LogP contribution >= 0.6 is 0 Å². The highest BCUT2D eigenvalue weighted by Crippen LogP contribution is 2.00. The lowest BCUT2D eigenvalue weighted by Gasteiger charge is -2.06. The van der Waals surface area contributed by atoms with Crippen molar-refractivity contribution >= 4 is 14.3 Å². The van der Waals surface area contributed by atoms with Gasteiger partial charge in [-0.3, -0.25) is 4.99 Å². The first-order chi connectivity index (χ1) is 4.06. The van der Waals surface area contributed by atoms with E-state index < -0.39 is 8.07 Å². The Hall–Kier alpha value is -0.373. The van der Waals surface area contributed by atoms with Gasteiger partial charge in [0, 0.05) is 13.3 Å². The number of hydrogen-bond acceptors (Lipinski definition) is 1. The van der Waals surface area contributed by atoms with Crippen molar-refractivity contribution in [3.63, 3.8) is 0 Å². The van der Waals surface area contributed by atoms with Crippen molar-refractivity contribution in [3.8, 4) is 0 Å². The maximum absolute atomic E-state index is 3.85. The van der Waals surface area contributed by atoms with E-state index in [1.54, 1.807) is 7.05 Å². The molecule has 0 saturated heterocycles. The van der Waals surface area contributed by atoms with E-state index in [0.29, 0.717) is 0 Å². The quantitative estimate of drug-likeness (QED) is 0.412. The molecule has 0 amide bonds. The van der Waals surface area contributed by atoms with Gasteiger partial charge in [0.05, 0.1) is 8.07 Å². The Bertz CT molecular complexity index is 119. The van der Waals surface area contributed by atoms with Crippen molar-refractivity contribution in [2.75, 3.05) is 7.05 Å². The van der Waals surface area contributed by atoms with Crippen molar-refractivity contribution in [1.29, 1.82) is 0 Å². The van der Waals surface area contributed by atoms with Crippen molar-refractivity contribution in [3.05, 3.63) is 11.8 Å². The average molecular weight is 141 g/mol. The molecule has 0 unspecified atom stereocenters. The summed E-state index contributed by atoms with van der Waals surface area (Å²) in [6.45, 7) is 6.90. The van der Waals surface area contributed by atoms with Crippen LogP contribution in [0.2, 0.25) is 19.6 Å². The van der Waals surface area contributed by atoms with Crippen molar-refractivity contribution in [2.45, 2.75) is 19.6 Å². The fourth-order valence-electron chi connectivity index (χ4n) is 0.418. The minimum Gasteiger partial charge on any atom is -0.297 e. The maximum Gasteiger partial charge on any atom is 0.0687 e. The Balaban J connectivity index is 3.71. The molecular weight excluding hydrogens is 126 g/mol. The van der Waals surface area contributed by atoms with Crippen LogP contribution in [0.25, 0.3) is 0 Å². The maximum atomic E-state index is 3.85. The van der Waals surface area contributed by atoms with Crippen LogP contribution in [0.5, 0.6) is 0 Å². The van der Waals surface area contributed by atoms with Gasteiger partial charge in [-0.15, -0.1) is 0 Å². The van der Waals surface area contributed by atoms with Crippen LogP contribution < -0.4 is 0 Å². The molecule has 0 atom stereocenters. The van der Waals surface area contributed by atoms with Gasteiger partial charge in [-0.25, -0.2) is 0 Å². The van der Waals surface area contributed by atoms with E-state index in [1.165, 1.54) is 0 Å². The third kappa shape index (κ3) is 7.63. The second kappa shape index (κ2) is 3.61. The van der Waals surface area contributed by atoms with Crippen LogP contribution in [0.4, 0.5) is 0 Å². The summed E-state index contributed by atoms with van der Waals surface area (Å²) in [5.41, 5.74) is 2.26. The zero-order chi connectivity index (χ0) is 7.33. The van der Waals surface area contributed by atoms with Crippen molar-refractivity contribution in [1.82, 2.24) is 0 Å². The van der Waals surface area contributed by atoms with Gasteiger partial charge in [0.15, 0.2) is 0 Å². The van der Waals surface area contributed by atoms with Gasteiger partial charge in [0.1, 0.15) is 0 Å². The van der Waals surface area contributed by atoms with Crippen LogP contribution in [0.3, 0.4) is 0 Å². The van der Waals surface area contributed by atoms with Gasteiger partial charge in [-0.2, -0.15) is 0 Å². The van der Waals surface area contributed by atoms with Gasteiger partial charge in [0.25, 0.3) is 0 Å². The summed E-state index contributed by atoms with van der Waals surface area (Å²) in [5.74, 6) is 0. The molecule has 1 nitrogen and oxygen atoms in total. The molecule has 9 heavy (non-hydrogen) atoms. The first-order valence-corrected chi connectivity index (χ1v) is 6.74. The second-order valence-electron chi connectivity index (χ2n) is 3.13. The number of allylic oxidation sites excluding steroid dienone is 1. The monoisotopic (exact) mass is 141 g/mol. The molecule has 0 aromatic heterocycles. The number of rotatable bonds is 2. The van der Waals surface area contributed by atoms with E-state index in [-0.39, 0.29) is 0 Å². The van der Waals surface area contributed by atoms with Crippen molar-refractivity contribution in [2.24, 2.45) is 4.99 Å². The van der Waals surface area contributed by atoms with E-state index in [0.717, 1.165) is 0 Å². The molecule has 0 N–H and O–H groups in total. The summed E-state index contributed by atoms with van der Waals surface area (Å²) in [7, 11) is 0.820. The standard InChI is InChI=1S/C7H15NSi/c1-8-6-5-7-9(2,3)4/h5-7H,1-4H3. The summed E-state index contributed by atoms with van der Waals surface area (Å²) in [6, 6.07) is 0. The topological polar surface area (TPSA) is 12.4 Å². The fourth-order valence-corrected chi connectivity index (χ4v) is 1.08. The van der Waals surface area contributed by atoms with E-state index in [2.05, 4.69) is 30.3 Å². The number of nitrogens with zero attached hydrogens (tertiary/aromatic N) is 1. The Morgan fingerprint density at radius 3 is 2.11 bits per heavy atom. The van der Waals surface area contributed by atoms with Gasteiger partial charge in [-0.1, -0.05) is 31.4 Å². The molecule has 0 saturated carbocycles. The van der Waals surface area contributed by atoms with Crippen LogP contribution in [0, 0.1) is 0 Å². The molecule has 0 aliphatic rings. The first-order valence-electron chi connectivity index (χ1n) is 3.16. The van der Waals surface area contributed by atoms with Gasteiger partial charge < -0.3 is 0 Å². The van der Waals surface area contributed by atoms with Gasteiger partial charge in [0.2, 0.25) is 0 Å². The Morgan fingerprint density at radius 1 is 1.22 bits per heavy atom. The lowest BCUT2D eigenvalue weighted by atomic mass is 10.7. The molecule has 0 aromatic carbocycles. The third-order valence-electron chi connectivity index (χ3n) is 0.831. The van der Waals surface area contributed by atoms with E-state index in [1.807, 2.05) is 12.3 Å². The summed E-state index contributed by atoms with van der Waals surface area (Å²) in [5, 5.41) is 0. The minimum absolute atomic E-state index is 0.966. The molecule has 0 fully saturated rings. The molecule has 0 aromatic rings. The second-order valence-corrected chi connectivity index (χ2v) is 8.20. The molecule has 2 heteroatoms. The SMILES string of the molecule is CN=CC=C[Si](C)(C)C. The molecule has 0 aliphatic heterocycles. The smallest absolute Gasteiger partial charge is 0.0687 e. The molecule has 0 rings (SSSR count). The highest BCUT2D eigenvalue weighted by atomic mass is 28.3. The summed E-state index contributed by atoms with van der Waals surface area (Å²) >= 11 is 0. The first kappa shape index (κ1) is 8.63. The molecule has 0 aliphatic carbocycles. The summed E-state index contributed by atoms with van der Waals surface area (Å²) < 4.78 is 0. The number of aliphatic imine (C=N–C) groups is 1. The van der Waals surface area contributed by atoms with Crippen LogP contribution in [-0.4, -0.2) is 21.3 Å². The predicted octanol–water partition coefficient (Wildman–Crippen LogP) is 2.12. The Morgan fingerprint density at radius 2 is 1.78 bits per heavy atom. The molecule has 0 bridgehead atoms. The zero-order valence-corrected chi connectivity index (χ0v) is 7.68. The lowest BCUT2D eigenvalue weighted by molar-refractivity contribution is 1.48. The molecular formula is C7H15NSi. The molecule has 52 valence electrons. The van der Waals surface area contributed by atoms with E-state index in [9.17, 15) is 0 Å². The van der Waals surface area contributed by atoms with E-state index >= 15 is 0 Å². The summed E-state index contributed by atoms with van der Waals surface area (Å²) in [4.78, 5) is 3.85. The molecule has 0 radical (unpaired) electrons.